The molecule has 0 amide bonds. The Hall–Kier alpha value is -1.97. The minimum absolute atomic E-state index is 0.251. The van der Waals surface area contributed by atoms with Gasteiger partial charge in [0.1, 0.15) is 5.82 Å². The van der Waals surface area contributed by atoms with Crippen molar-refractivity contribution in [3.05, 3.63) is 24.3 Å². The van der Waals surface area contributed by atoms with E-state index < -0.39 is 0 Å². The standard InChI is InChI=1S/C12H14N2O2/c1-2-5-10(15)16-11-8-6-3-4-7-9(8)14-12(11)13/h3-4,6-7,14H,2,5,13H2,1H3. The Morgan fingerprint density at radius 2 is 2.19 bits per heavy atom. The summed E-state index contributed by atoms with van der Waals surface area (Å²) in [6.45, 7) is 1.93. The summed E-state index contributed by atoms with van der Waals surface area (Å²) in [7, 11) is 0. The van der Waals surface area contributed by atoms with Crippen LogP contribution in [0.15, 0.2) is 24.3 Å². The number of rotatable bonds is 3. The highest BCUT2D eigenvalue weighted by molar-refractivity contribution is 5.94. The van der Waals surface area contributed by atoms with E-state index in [1.807, 2.05) is 31.2 Å². The zero-order valence-electron chi connectivity index (χ0n) is 9.12. The first-order chi connectivity index (χ1) is 7.72. The third-order valence-corrected chi connectivity index (χ3v) is 2.36. The van der Waals surface area contributed by atoms with Gasteiger partial charge in [0.25, 0.3) is 0 Å². The molecule has 0 aliphatic heterocycles. The van der Waals surface area contributed by atoms with Crippen molar-refractivity contribution in [3.63, 3.8) is 0 Å². The number of aromatic nitrogens is 1. The van der Waals surface area contributed by atoms with E-state index in [4.69, 9.17) is 10.5 Å². The highest BCUT2D eigenvalue weighted by Crippen LogP contribution is 2.31. The summed E-state index contributed by atoms with van der Waals surface area (Å²) in [4.78, 5) is 14.4. The van der Waals surface area contributed by atoms with Crippen molar-refractivity contribution < 1.29 is 9.53 Å². The molecule has 1 heterocycles. The minimum atomic E-state index is -0.251. The van der Waals surface area contributed by atoms with Gasteiger partial charge in [0.2, 0.25) is 0 Å². The molecule has 0 radical (unpaired) electrons. The molecule has 4 heteroatoms. The number of benzene rings is 1. The van der Waals surface area contributed by atoms with Gasteiger partial charge in [-0.05, 0) is 18.6 Å². The number of nitrogen functional groups attached to an aromatic ring is 1. The van der Waals surface area contributed by atoms with Gasteiger partial charge in [-0.3, -0.25) is 4.79 Å². The van der Waals surface area contributed by atoms with E-state index >= 15 is 0 Å². The van der Waals surface area contributed by atoms with Gasteiger partial charge in [0.15, 0.2) is 5.75 Å². The topological polar surface area (TPSA) is 68.1 Å². The second kappa shape index (κ2) is 4.26. The number of ether oxygens (including phenoxy) is 1. The van der Waals surface area contributed by atoms with E-state index in [2.05, 4.69) is 4.98 Å². The minimum Gasteiger partial charge on any atom is -0.422 e. The fourth-order valence-electron chi connectivity index (χ4n) is 1.62. The number of aromatic amines is 1. The van der Waals surface area contributed by atoms with Crippen LogP contribution in [-0.2, 0) is 4.79 Å². The highest BCUT2D eigenvalue weighted by Gasteiger charge is 2.13. The Bertz CT molecular complexity index is 517. The monoisotopic (exact) mass is 218 g/mol. The molecule has 0 aliphatic rings. The van der Waals surface area contributed by atoms with Crippen LogP contribution >= 0.6 is 0 Å². The Labute approximate surface area is 93.4 Å². The zero-order chi connectivity index (χ0) is 11.5. The Balaban J connectivity index is 2.36. The molecule has 3 N–H and O–H groups in total. The summed E-state index contributed by atoms with van der Waals surface area (Å²) in [6.07, 6.45) is 1.17. The lowest BCUT2D eigenvalue weighted by Crippen LogP contribution is -2.07. The van der Waals surface area contributed by atoms with Crippen molar-refractivity contribution in [2.24, 2.45) is 0 Å². The lowest BCUT2D eigenvalue weighted by molar-refractivity contribution is -0.134. The largest absolute Gasteiger partial charge is 0.422 e. The summed E-state index contributed by atoms with van der Waals surface area (Å²) in [5, 5.41) is 0.837. The van der Waals surface area contributed by atoms with E-state index in [-0.39, 0.29) is 5.97 Å². The number of fused-ring (bicyclic) bond motifs is 1. The smallest absolute Gasteiger partial charge is 0.311 e. The Morgan fingerprint density at radius 1 is 1.44 bits per heavy atom. The van der Waals surface area contributed by atoms with Crippen LogP contribution in [0.1, 0.15) is 19.8 Å². The van der Waals surface area contributed by atoms with Crippen LogP contribution in [0.5, 0.6) is 5.75 Å². The molecule has 0 atom stereocenters. The molecule has 0 spiro atoms. The van der Waals surface area contributed by atoms with Gasteiger partial charge in [-0.25, -0.2) is 0 Å². The number of esters is 1. The molecule has 1 aromatic carbocycles. The van der Waals surface area contributed by atoms with Crippen molar-refractivity contribution in [3.8, 4) is 5.75 Å². The van der Waals surface area contributed by atoms with Crippen LogP contribution < -0.4 is 10.5 Å². The fourth-order valence-corrected chi connectivity index (χ4v) is 1.62. The molecule has 0 bridgehead atoms. The molecular weight excluding hydrogens is 204 g/mol. The van der Waals surface area contributed by atoms with E-state index in [9.17, 15) is 4.79 Å². The number of hydrogen-bond donors (Lipinski definition) is 2. The maximum atomic E-state index is 11.4. The quantitative estimate of drug-likeness (QED) is 0.777. The first-order valence-corrected chi connectivity index (χ1v) is 5.29. The molecule has 0 unspecified atom stereocenters. The lowest BCUT2D eigenvalue weighted by atomic mass is 10.2. The average molecular weight is 218 g/mol. The molecule has 0 saturated carbocycles. The molecule has 0 fully saturated rings. The number of carbonyl (C=O) groups is 1. The summed E-state index contributed by atoms with van der Waals surface area (Å²) < 4.78 is 5.24. The van der Waals surface area contributed by atoms with Crippen LogP contribution in [0.25, 0.3) is 10.9 Å². The first kappa shape index (κ1) is 10.5. The summed E-state index contributed by atoms with van der Waals surface area (Å²) in [6, 6.07) is 7.54. The van der Waals surface area contributed by atoms with Crippen LogP contribution in [0.4, 0.5) is 5.82 Å². The van der Waals surface area contributed by atoms with Crippen LogP contribution in [0.3, 0.4) is 0 Å². The number of nitrogens with two attached hydrogens (primary N) is 1. The van der Waals surface area contributed by atoms with Gasteiger partial charge >= 0.3 is 5.97 Å². The zero-order valence-corrected chi connectivity index (χ0v) is 9.12. The van der Waals surface area contributed by atoms with Crippen molar-refractivity contribution in [1.29, 1.82) is 0 Å². The number of H-pyrrole nitrogens is 1. The highest BCUT2D eigenvalue weighted by atomic mass is 16.5. The van der Waals surface area contributed by atoms with Gasteiger partial charge in [-0.15, -0.1) is 0 Å². The number of nitrogens with one attached hydrogen (secondary N) is 1. The third kappa shape index (κ3) is 1.86. The third-order valence-electron chi connectivity index (χ3n) is 2.36. The van der Waals surface area contributed by atoms with Crippen molar-refractivity contribution in [1.82, 2.24) is 4.98 Å². The van der Waals surface area contributed by atoms with Gasteiger partial charge in [-0.1, -0.05) is 19.1 Å². The molecule has 84 valence electrons. The molecule has 1 aromatic heterocycles. The first-order valence-electron chi connectivity index (χ1n) is 5.29. The number of para-hydroxylation sites is 1. The number of anilines is 1. The van der Waals surface area contributed by atoms with E-state index in [0.29, 0.717) is 18.0 Å². The molecule has 16 heavy (non-hydrogen) atoms. The summed E-state index contributed by atoms with van der Waals surface area (Å²) >= 11 is 0. The predicted molar refractivity (Wildman–Crippen MR) is 63.3 cm³/mol. The summed E-state index contributed by atoms with van der Waals surface area (Å²) in [5.74, 6) is 0.582. The molecular formula is C12H14N2O2. The van der Waals surface area contributed by atoms with Gasteiger partial charge < -0.3 is 15.5 Å². The van der Waals surface area contributed by atoms with Gasteiger partial charge in [0, 0.05) is 11.8 Å². The Kier molecular flexibility index (Phi) is 2.81. The van der Waals surface area contributed by atoms with E-state index in [0.717, 1.165) is 17.3 Å². The Morgan fingerprint density at radius 3 is 2.94 bits per heavy atom. The predicted octanol–water partition coefficient (Wildman–Crippen LogP) is 2.46. The average Bonchev–Trinajstić information content (AvgIpc) is 2.56. The molecule has 2 aromatic rings. The second-order valence-electron chi connectivity index (χ2n) is 3.64. The van der Waals surface area contributed by atoms with Crippen molar-refractivity contribution >= 4 is 22.7 Å². The van der Waals surface area contributed by atoms with Gasteiger partial charge in [-0.2, -0.15) is 0 Å². The molecule has 0 aliphatic carbocycles. The molecule has 2 rings (SSSR count). The molecule has 4 nitrogen and oxygen atoms in total. The number of carbonyl (C=O) groups excluding carboxylic acids is 1. The van der Waals surface area contributed by atoms with Gasteiger partial charge in [0.05, 0.1) is 5.52 Å². The van der Waals surface area contributed by atoms with Crippen LogP contribution in [0, 0.1) is 0 Å². The summed E-state index contributed by atoms with van der Waals surface area (Å²) in [5.41, 5.74) is 6.64. The van der Waals surface area contributed by atoms with Crippen molar-refractivity contribution in [2.45, 2.75) is 19.8 Å². The second-order valence-corrected chi connectivity index (χ2v) is 3.64. The SMILES string of the molecule is CCCC(=O)Oc1c(N)[nH]c2ccccc12. The lowest BCUT2D eigenvalue weighted by Gasteiger charge is -2.02. The van der Waals surface area contributed by atoms with E-state index in [1.54, 1.807) is 0 Å². The van der Waals surface area contributed by atoms with Crippen molar-refractivity contribution in [2.75, 3.05) is 5.73 Å². The van der Waals surface area contributed by atoms with Crippen LogP contribution in [0.2, 0.25) is 0 Å². The molecule has 0 saturated heterocycles. The fraction of sp³-hybridized carbons (Fsp3) is 0.250. The maximum Gasteiger partial charge on any atom is 0.311 e. The van der Waals surface area contributed by atoms with E-state index in [1.165, 1.54) is 0 Å². The van der Waals surface area contributed by atoms with Crippen LogP contribution in [-0.4, -0.2) is 11.0 Å². The normalized spacial score (nSPS) is 10.6. The number of hydrogen-bond acceptors (Lipinski definition) is 3. The maximum absolute atomic E-state index is 11.4.